The number of nitrogens with two attached hydrogens (primary N) is 1. The largest absolute Gasteiger partial charge is 0.420 e. The van der Waals surface area contributed by atoms with Crippen LogP contribution in [0.1, 0.15) is 12.5 Å². The number of aliphatic imine (C=N–C) groups is 1. The molecular weight excluding hydrogens is 379 g/mol. The summed E-state index contributed by atoms with van der Waals surface area (Å²) in [5.74, 6) is 0.0919. The molecule has 0 saturated heterocycles. The molecule has 12 heteroatoms. The predicted molar refractivity (Wildman–Crippen MR) is 83.3 cm³/mol. The van der Waals surface area contributed by atoms with Crippen LogP contribution in [0.4, 0.5) is 0 Å². The summed E-state index contributed by atoms with van der Waals surface area (Å²) in [6.45, 7) is 1.50. The Balaban J connectivity index is 2.64. The van der Waals surface area contributed by atoms with Gasteiger partial charge in [0.05, 0.1) is 10.0 Å². The minimum absolute atomic E-state index is 0.0458. The van der Waals surface area contributed by atoms with Crippen molar-refractivity contribution in [2.45, 2.75) is 6.92 Å². The number of rotatable bonds is 3. The van der Waals surface area contributed by atoms with Gasteiger partial charge in [-0.3, -0.25) is 9.98 Å². The van der Waals surface area contributed by atoms with Crippen molar-refractivity contribution in [2.24, 2.45) is 10.7 Å². The van der Waals surface area contributed by atoms with Crippen LogP contribution in [0.3, 0.4) is 0 Å². The Morgan fingerprint density at radius 2 is 2.00 bits per heavy atom. The molecule has 1 aliphatic heterocycles. The molecule has 0 unspecified atom stereocenters. The highest BCUT2D eigenvalue weighted by atomic mass is 35.5. The Kier molecular flexibility index (Phi) is 4.76. The molecule has 1 aromatic rings. The summed E-state index contributed by atoms with van der Waals surface area (Å²) in [6, 6.07) is 2.78. The number of hydrogen-bond acceptors (Lipinski definition) is 7. The summed E-state index contributed by atoms with van der Waals surface area (Å²) in [7, 11) is -4.83. The second-order valence-electron chi connectivity index (χ2n) is 4.09. The maximum Gasteiger partial charge on any atom is 0.420 e. The third-order valence-electron chi connectivity index (χ3n) is 2.41. The molecule has 0 atom stereocenters. The smallest absolute Gasteiger partial charge is 0.382 e. The monoisotopic (exact) mass is 386 g/mol. The quantitative estimate of drug-likeness (QED) is 0.537. The lowest BCUT2D eigenvalue weighted by Crippen LogP contribution is -2.44. The van der Waals surface area contributed by atoms with Crippen LogP contribution in [0.25, 0.3) is 5.70 Å². The molecule has 0 fully saturated rings. The minimum atomic E-state index is -4.83. The topological polar surface area (TPSA) is 117 Å². The van der Waals surface area contributed by atoms with Crippen LogP contribution >= 0.6 is 34.8 Å². The fraction of sp³-hybridized carbons (Fsp3) is 0.100. The molecule has 1 heterocycles. The lowest BCUT2D eigenvalue weighted by Gasteiger charge is -2.29. The third kappa shape index (κ3) is 3.75. The highest BCUT2D eigenvalue weighted by Crippen LogP contribution is 2.36. The van der Waals surface area contributed by atoms with Crippen molar-refractivity contribution in [1.82, 2.24) is 10.6 Å². The zero-order chi connectivity index (χ0) is 16.7. The highest BCUT2D eigenvalue weighted by Gasteiger charge is 2.28. The first-order valence-electron chi connectivity index (χ1n) is 5.52. The van der Waals surface area contributed by atoms with Gasteiger partial charge in [0.25, 0.3) is 0 Å². The molecule has 1 aromatic carbocycles. The van der Waals surface area contributed by atoms with Crippen molar-refractivity contribution in [3.63, 3.8) is 0 Å². The van der Waals surface area contributed by atoms with Crippen molar-refractivity contribution in [2.75, 3.05) is 0 Å². The van der Waals surface area contributed by atoms with Gasteiger partial charge in [0.2, 0.25) is 0 Å². The second kappa shape index (κ2) is 6.11. The lowest BCUT2D eigenvalue weighted by molar-refractivity contribution is -0.0275. The van der Waals surface area contributed by atoms with Gasteiger partial charge in [0.1, 0.15) is 11.5 Å². The number of hydrogen-bond donors (Lipinski definition) is 3. The second-order valence-corrected chi connectivity index (χ2v) is 6.31. The van der Waals surface area contributed by atoms with E-state index in [1.54, 1.807) is 0 Å². The van der Waals surface area contributed by atoms with E-state index in [4.69, 9.17) is 45.1 Å². The zero-order valence-electron chi connectivity index (χ0n) is 10.8. The molecule has 0 bridgehead atoms. The SMILES string of the molecule is CC1=NC(N)=C(c2cc(Cl)cc(Cl)c2Cl)N(OS(=O)(=O)O)N1. The number of nitrogens with zero attached hydrogens (tertiary/aromatic N) is 2. The van der Waals surface area contributed by atoms with E-state index in [0.717, 1.165) is 0 Å². The van der Waals surface area contributed by atoms with Gasteiger partial charge >= 0.3 is 10.4 Å². The molecule has 2 rings (SSSR count). The van der Waals surface area contributed by atoms with E-state index < -0.39 is 10.4 Å². The van der Waals surface area contributed by atoms with E-state index in [1.165, 1.54) is 19.1 Å². The summed E-state index contributed by atoms with van der Waals surface area (Å²) in [5, 5.41) is 0.982. The fourth-order valence-electron chi connectivity index (χ4n) is 1.69. The summed E-state index contributed by atoms with van der Waals surface area (Å²) < 4.78 is 35.2. The number of halogens is 3. The molecule has 0 radical (unpaired) electrons. The van der Waals surface area contributed by atoms with Crippen LogP contribution in [0.15, 0.2) is 22.9 Å². The van der Waals surface area contributed by atoms with Crippen LogP contribution in [0.5, 0.6) is 0 Å². The van der Waals surface area contributed by atoms with E-state index in [1.807, 2.05) is 0 Å². The van der Waals surface area contributed by atoms with Crippen molar-refractivity contribution in [3.8, 4) is 0 Å². The maximum absolute atomic E-state index is 11.0. The molecule has 4 N–H and O–H groups in total. The van der Waals surface area contributed by atoms with Gasteiger partial charge in [-0.05, 0) is 19.1 Å². The number of nitrogens with one attached hydrogen (secondary N) is 1. The van der Waals surface area contributed by atoms with Crippen LogP contribution in [-0.2, 0) is 14.7 Å². The van der Waals surface area contributed by atoms with Gasteiger partial charge in [-0.25, -0.2) is 4.99 Å². The standard InChI is InChI=1S/C10H9Cl3N4O4S/c1-4-15-10(14)9(17(16-4)21-22(18,19)20)6-2-5(11)3-7(12)8(6)13/h2-3H,14H2,1H3,(H,15,16)(H,18,19,20). The average Bonchev–Trinajstić information content (AvgIpc) is 2.31. The first-order valence-corrected chi connectivity index (χ1v) is 8.02. The molecule has 0 aliphatic carbocycles. The van der Waals surface area contributed by atoms with E-state index in [-0.39, 0.29) is 38.0 Å². The molecule has 1 aliphatic rings. The Bertz CT molecular complexity index is 794. The molecule has 8 nitrogen and oxygen atoms in total. The Morgan fingerprint density at radius 1 is 1.36 bits per heavy atom. The molecule has 0 amide bonds. The molecule has 120 valence electrons. The summed E-state index contributed by atoms with van der Waals surface area (Å²) >= 11 is 17.9. The molecule has 0 spiro atoms. The first-order chi connectivity index (χ1) is 10.1. The zero-order valence-corrected chi connectivity index (χ0v) is 13.9. The third-order valence-corrected chi connectivity index (χ3v) is 3.77. The predicted octanol–water partition coefficient (Wildman–Crippen LogP) is 2.20. The van der Waals surface area contributed by atoms with E-state index in [2.05, 4.69) is 14.7 Å². The molecule has 0 aromatic heterocycles. The van der Waals surface area contributed by atoms with Gasteiger partial charge in [-0.1, -0.05) is 34.8 Å². The van der Waals surface area contributed by atoms with Gasteiger partial charge in [0, 0.05) is 10.6 Å². The Hall–Kier alpha value is -1.23. The normalized spacial score (nSPS) is 15.7. The number of hydroxylamine groups is 1. The minimum Gasteiger partial charge on any atom is -0.382 e. The molecule has 0 saturated carbocycles. The highest BCUT2D eigenvalue weighted by molar-refractivity contribution is 7.80. The van der Waals surface area contributed by atoms with E-state index in [9.17, 15) is 8.42 Å². The van der Waals surface area contributed by atoms with Gasteiger partial charge in [-0.15, -0.1) is 9.46 Å². The lowest BCUT2D eigenvalue weighted by atomic mass is 10.1. The number of benzene rings is 1. The first kappa shape index (κ1) is 17.1. The van der Waals surface area contributed by atoms with Gasteiger partial charge < -0.3 is 5.73 Å². The van der Waals surface area contributed by atoms with Crippen molar-refractivity contribution in [3.05, 3.63) is 38.6 Å². The van der Waals surface area contributed by atoms with E-state index in [0.29, 0.717) is 5.17 Å². The van der Waals surface area contributed by atoms with Crippen LogP contribution in [0.2, 0.25) is 15.1 Å². The van der Waals surface area contributed by atoms with Crippen LogP contribution in [0, 0.1) is 0 Å². The van der Waals surface area contributed by atoms with E-state index >= 15 is 0 Å². The summed E-state index contributed by atoms with van der Waals surface area (Å²) in [4.78, 5) is 3.94. The van der Waals surface area contributed by atoms with Gasteiger partial charge in [-0.2, -0.15) is 8.42 Å². The molecule has 22 heavy (non-hydrogen) atoms. The fourth-order valence-corrected chi connectivity index (χ4v) is 2.68. The summed E-state index contributed by atoms with van der Waals surface area (Å²) in [5.41, 5.74) is 8.32. The Labute approximate surface area is 141 Å². The Morgan fingerprint density at radius 3 is 2.59 bits per heavy atom. The van der Waals surface area contributed by atoms with Crippen molar-refractivity contribution < 1.29 is 17.3 Å². The van der Waals surface area contributed by atoms with Crippen molar-refractivity contribution in [1.29, 1.82) is 0 Å². The van der Waals surface area contributed by atoms with Crippen molar-refractivity contribution >= 4 is 56.7 Å². The van der Waals surface area contributed by atoms with Crippen LogP contribution < -0.4 is 11.2 Å². The van der Waals surface area contributed by atoms with Crippen LogP contribution in [-0.4, -0.2) is 24.0 Å². The average molecular weight is 388 g/mol. The number of hydrazine groups is 1. The maximum atomic E-state index is 11.0. The molecular formula is C10H9Cl3N4O4S. The number of amidine groups is 1. The van der Waals surface area contributed by atoms with Gasteiger partial charge in [0.15, 0.2) is 5.82 Å². The summed E-state index contributed by atoms with van der Waals surface area (Å²) in [6.07, 6.45) is 0.